The summed E-state index contributed by atoms with van der Waals surface area (Å²) in [4.78, 5) is 15.3. The van der Waals surface area contributed by atoms with E-state index in [-0.39, 0.29) is 0 Å². The van der Waals surface area contributed by atoms with E-state index in [1.54, 1.807) is 0 Å². The number of hydrogen-bond acceptors (Lipinski definition) is 3. The summed E-state index contributed by atoms with van der Waals surface area (Å²) in [6.45, 7) is 0. The van der Waals surface area contributed by atoms with Crippen molar-refractivity contribution in [2.75, 3.05) is 0 Å². The van der Waals surface area contributed by atoms with E-state index in [0.717, 1.165) is 33.4 Å². The Balaban J connectivity index is 1.13. The van der Waals surface area contributed by atoms with Gasteiger partial charge in [-0.2, -0.15) is 0 Å². The topological polar surface area (TPSA) is 38.7 Å². The van der Waals surface area contributed by atoms with E-state index >= 15 is 0 Å². The fourth-order valence-corrected chi connectivity index (χ4v) is 7.69. The molecule has 0 amide bonds. The van der Waals surface area contributed by atoms with Gasteiger partial charge in [0.15, 0.2) is 17.5 Å². The summed E-state index contributed by atoms with van der Waals surface area (Å²) in [5, 5.41) is 2.57. The molecule has 0 aliphatic heterocycles. The number of benzene rings is 8. The number of fused-ring (bicyclic) bond motifs is 3. The van der Waals surface area contributed by atoms with Crippen LogP contribution in [0.2, 0.25) is 0 Å². The molecule has 0 saturated carbocycles. The highest BCUT2D eigenvalue weighted by atomic mass is 15.0. The smallest absolute Gasteiger partial charge is 0.164 e. The van der Waals surface area contributed by atoms with Crippen molar-refractivity contribution >= 4 is 10.8 Å². The van der Waals surface area contributed by atoms with Crippen LogP contribution in [0.25, 0.3) is 101 Å². The molecule has 0 radical (unpaired) electrons. The van der Waals surface area contributed by atoms with Crippen molar-refractivity contribution in [2.24, 2.45) is 0 Å². The van der Waals surface area contributed by atoms with Gasteiger partial charge in [-0.15, -0.1) is 0 Å². The van der Waals surface area contributed by atoms with Gasteiger partial charge < -0.3 is 0 Å². The average molecular weight is 662 g/mol. The predicted octanol–water partition coefficient (Wildman–Crippen LogP) is 12.7. The zero-order valence-electron chi connectivity index (χ0n) is 28.2. The van der Waals surface area contributed by atoms with E-state index in [4.69, 9.17) is 15.0 Å². The lowest BCUT2D eigenvalue weighted by Crippen LogP contribution is -2.01. The van der Waals surface area contributed by atoms with Crippen LogP contribution in [0.3, 0.4) is 0 Å². The largest absolute Gasteiger partial charge is 0.208 e. The predicted molar refractivity (Wildman–Crippen MR) is 214 cm³/mol. The minimum absolute atomic E-state index is 0.636. The maximum atomic E-state index is 5.17. The molecule has 1 aromatic heterocycles. The first-order chi connectivity index (χ1) is 25.8. The monoisotopic (exact) mass is 661 g/mol. The fourth-order valence-electron chi connectivity index (χ4n) is 7.69. The number of rotatable bonds is 6. The molecular weight excluding hydrogens is 631 g/mol. The second-order valence-electron chi connectivity index (χ2n) is 13.1. The van der Waals surface area contributed by atoms with Gasteiger partial charge in [-0.05, 0) is 66.4 Å². The molecule has 52 heavy (non-hydrogen) atoms. The molecule has 0 N–H and O–H groups in total. The molecule has 1 aliphatic rings. The molecule has 1 heterocycles. The van der Waals surface area contributed by atoms with Crippen LogP contribution in [0.15, 0.2) is 188 Å². The van der Waals surface area contributed by atoms with E-state index in [0.29, 0.717) is 17.5 Å². The van der Waals surface area contributed by atoms with E-state index in [9.17, 15) is 0 Å². The summed E-state index contributed by atoms with van der Waals surface area (Å²) in [6, 6.07) is 66.3. The first-order valence-corrected chi connectivity index (χ1v) is 17.6. The van der Waals surface area contributed by atoms with Crippen LogP contribution >= 0.6 is 0 Å². The second kappa shape index (κ2) is 12.4. The molecule has 9 aromatic rings. The lowest BCUT2D eigenvalue weighted by atomic mass is 9.88. The Morgan fingerprint density at radius 2 is 0.577 bits per heavy atom. The van der Waals surface area contributed by atoms with E-state index in [2.05, 4.69) is 164 Å². The lowest BCUT2D eigenvalue weighted by molar-refractivity contribution is 1.07. The highest BCUT2D eigenvalue weighted by molar-refractivity contribution is 6.19. The van der Waals surface area contributed by atoms with Gasteiger partial charge in [0.25, 0.3) is 0 Å². The highest BCUT2D eigenvalue weighted by Gasteiger charge is 2.24. The summed E-state index contributed by atoms with van der Waals surface area (Å²) in [5.74, 6) is 1.92. The molecule has 0 unspecified atom stereocenters. The molecule has 0 spiro atoms. The van der Waals surface area contributed by atoms with Crippen molar-refractivity contribution < 1.29 is 0 Å². The summed E-state index contributed by atoms with van der Waals surface area (Å²) in [7, 11) is 0. The van der Waals surface area contributed by atoms with E-state index < -0.39 is 0 Å². The Labute approximate surface area is 302 Å². The molecule has 10 rings (SSSR count). The first kappa shape index (κ1) is 29.9. The maximum Gasteiger partial charge on any atom is 0.164 e. The minimum Gasteiger partial charge on any atom is -0.208 e. The van der Waals surface area contributed by atoms with Gasteiger partial charge >= 0.3 is 0 Å². The number of hydrogen-bond donors (Lipinski definition) is 0. The molecular formula is C49H31N3. The van der Waals surface area contributed by atoms with Crippen LogP contribution in [-0.2, 0) is 0 Å². The van der Waals surface area contributed by atoms with Gasteiger partial charge in [-0.1, -0.05) is 188 Å². The molecule has 0 atom stereocenters. The van der Waals surface area contributed by atoms with Crippen molar-refractivity contribution in [3.63, 3.8) is 0 Å². The summed E-state index contributed by atoms with van der Waals surface area (Å²) in [6.07, 6.45) is 0. The number of nitrogens with zero attached hydrogens (tertiary/aromatic N) is 3. The van der Waals surface area contributed by atoms with Crippen LogP contribution in [-0.4, -0.2) is 15.0 Å². The quantitative estimate of drug-likeness (QED) is 0.178. The van der Waals surface area contributed by atoms with Crippen LogP contribution in [0.5, 0.6) is 0 Å². The lowest BCUT2D eigenvalue weighted by Gasteiger charge is -2.17. The zero-order valence-corrected chi connectivity index (χ0v) is 28.2. The first-order valence-electron chi connectivity index (χ1n) is 17.6. The Bertz CT molecular complexity index is 2740. The third kappa shape index (κ3) is 5.02. The Morgan fingerprint density at radius 1 is 0.212 bits per heavy atom. The van der Waals surface area contributed by atoms with Crippen molar-refractivity contribution in [1.29, 1.82) is 0 Å². The number of aromatic nitrogens is 3. The van der Waals surface area contributed by atoms with Gasteiger partial charge in [-0.3, -0.25) is 0 Å². The Hall–Kier alpha value is -6.97. The molecule has 242 valence electrons. The van der Waals surface area contributed by atoms with Gasteiger partial charge in [0.1, 0.15) is 0 Å². The summed E-state index contributed by atoms with van der Waals surface area (Å²) < 4.78 is 0. The molecule has 0 bridgehead atoms. The standard InChI is InChI=1S/C49H31N3/c1-3-14-32(15-4-1)33-26-28-35(29-27-33)48-50-47(34-16-5-2-6-17-34)51-49(52-48)45-23-12-11-22-40(45)36-18-7-8-19-37(36)41-30-31-44-39-21-10-9-20-38(39)42-24-13-25-43(41)46(42)44/h1-31H. The van der Waals surface area contributed by atoms with Gasteiger partial charge in [0.2, 0.25) is 0 Å². The van der Waals surface area contributed by atoms with Gasteiger partial charge in [0.05, 0.1) is 0 Å². The molecule has 0 fully saturated rings. The van der Waals surface area contributed by atoms with Gasteiger partial charge in [0, 0.05) is 16.7 Å². The molecule has 1 aliphatic carbocycles. The SMILES string of the molecule is c1ccc(-c2ccc(-c3nc(-c4ccccc4)nc(-c4ccccc4-c4ccccc4-c4ccc5c6c(cccc46)-c4ccccc4-5)n3)cc2)cc1. The summed E-state index contributed by atoms with van der Waals surface area (Å²) >= 11 is 0. The van der Waals surface area contributed by atoms with Crippen LogP contribution < -0.4 is 0 Å². The van der Waals surface area contributed by atoms with Crippen molar-refractivity contribution in [3.05, 3.63) is 188 Å². The zero-order chi connectivity index (χ0) is 34.4. The Kier molecular flexibility index (Phi) is 7.14. The molecule has 3 nitrogen and oxygen atoms in total. The van der Waals surface area contributed by atoms with Gasteiger partial charge in [-0.25, -0.2) is 15.0 Å². The highest BCUT2D eigenvalue weighted by Crippen LogP contribution is 2.50. The van der Waals surface area contributed by atoms with Crippen molar-refractivity contribution in [1.82, 2.24) is 15.0 Å². The van der Waals surface area contributed by atoms with Crippen LogP contribution in [0.1, 0.15) is 0 Å². The van der Waals surface area contributed by atoms with E-state index in [1.807, 2.05) is 24.3 Å². The molecule has 8 aromatic carbocycles. The van der Waals surface area contributed by atoms with Crippen molar-refractivity contribution in [3.8, 4) is 89.8 Å². The maximum absolute atomic E-state index is 5.17. The molecule has 3 heteroatoms. The van der Waals surface area contributed by atoms with E-state index in [1.165, 1.54) is 49.7 Å². The van der Waals surface area contributed by atoms with Crippen LogP contribution in [0, 0.1) is 0 Å². The van der Waals surface area contributed by atoms with Crippen molar-refractivity contribution in [2.45, 2.75) is 0 Å². The van der Waals surface area contributed by atoms with Crippen LogP contribution in [0.4, 0.5) is 0 Å². The fraction of sp³-hybridized carbons (Fsp3) is 0. The molecule has 0 saturated heterocycles. The second-order valence-corrected chi connectivity index (χ2v) is 13.1. The minimum atomic E-state index is 0.636. The Morgan fingerprint density at radius 3 is 1.19 bits per heavy atom. The summed E-state index contributed by atoms with van der Waals surface area (Å²) in [5.41, 5.74) is 14.9. The third-order valence-corrected chi connectivity index (χ3v) is 10.1. The normalized spacial score (nSPS) is 11.5. The average Bonchev–Trinajstić information content (AvgIpc) is 3.56. The third-order valence-electron chi connectivity index (χ3n) is 10.1.